The summed E-state index contributed by atoms with van der Waals surface area (Å²) in [4.78, 5) is 14.5. The van der Waals surface area contributed by atoms with Gasteiger partial charge in [0.25, 0.3) is 0 Å². The van der Waals surface area contributed by atoms with Gasteiger partial charge in [-0.15, -0.1) is 0 Å². The quantitative estimate of drug-likeness (QED) is 0.588. The first-order chi connectivity index (χ1) is 7.77. The first-order valence-electron chi connectivity index (χ1n) is 5.31. The number of hydrogen-bond acceptors (Lipinski definition) is 2. The van der Waals surface area contributed by atoms with Gasteiger partial charge in [-0.05, 0) is 23.6 Å². The van der Waals surface area contributed by atoms with Gasteiger partial charge >= 0.3 is 5.97 Å². The zero-order valence-corrected chi connectivity index (χ0v) is 8.66. The average Bonchev–Trinajstić information content (AvgIpc) is 2.66. The van der Waals surface area contributed by atoms with Gasteiger partial charge in [-0.1, -0.05) is 12.2 Å². The molecule has 1 aromatic heterocycles. The topological polar surface area (TPSA) is 65.1 Å². The fraction of sp³-hybridized carbons (Fsp3) is 0.250. The number of rotatable bonds is 1. The molecule has 0 bridgehead atoms. The van der Waals surface area contributed by atoms with Crippen molar-refractivity contribution >= 4 is 18.2 Å². The summed E-state index contributed by atoms with van der Waals surface area (Å²) in [6.07, 6.45) is 8.71. The summed E-state index contributed by atoms with van der Waals surface area (Å²) in [7, 11) is 0. The van der Waals surface area contributed by atoms with Crippen LogP contribution in [0.5, 0.6) is 0 Å². The lowest BCUT2D eigenvalue weighted by Gasteiger charge is -2.17. The van der Waals surface area contributed by atoms with Crippen molar-refractivity contribution in [1.82, 2.24) is 10.3 Å². The van der Waals surface area contributed by atoms with Gasteiger partial charge in [0.2, 0.25) is 0 Å². The molecule has 0 saturated carbocycles. The Morgan fingerprint density at radius 1 is 1.44 bits per heavy atom. The van der Waals surface area contributed by atoms with Gasteiger partial charge in [-0.2, -0.15) is 0 Å². The summed E-state index contributed by atoms with van der Waals surface area (Å²) >= 11 is 0. The average molecular weight is 216 g/mol. The summed E-state index contributed by atoms with van der Waals surface area (Å²) in [5.74, 6) is -1.21. The molecule has 1 atom stereocenters. The van der Waals surface area contributed by atoms with Crippen molar-refractivity contribution in [2.75, 3.05) is 6.54 Å². The second kappa shape index (κ2) is 3.27. The number of aromatic nitrogens is 1. The third kappa shape index (κ3) is 1.19. The second-order valence-corrected chi connectivity index (χ2v) is 4.09. The van der Waals surface area contributed by atoms with Crippen LogP contribution in [-0.2, 0) is 11.2 Å². The molecule has 4 heteroatoms. The highest BCUT2D eigenvalue weighted by Gasteiger charge is 2.27. The van der Waals surface area contributed by atoms with Crippen molar-refractivity contribution < 1.29 is 9.90 Å². The summed E-state index contributed by atoms with van der Waals surface area (Å²) in [5.41, 5.74) is 2.07. The van der Waals surface area contributed by atoms with E-state index in [4.69, 9.17) is 0 Å². The summed E-state index contributed by atoms with van der Waals surface area (Å²) < 4.78 is 0. The summed E-state index contributed by atoms with van der Waals surface area (Å²) in [6, 6.07) is 0. The SMILES string of the molecule is O=C(O)C1CNC=c2[nH]c3c(c21)CC=CC=3. The molecule has 0 saturated heterocycles. The zero-order chi connectivity index (χ0) is 11.1. The molecule has 2 heterocycles. The molecule has 0 aromatic carbocycles. The predicted octanol–water partition coefficient (Wildman–Crippen LogP) is -0.583. The molecular weight excluding hydrogens is 204 g/mol. The minimum atomic E-state index is -0.766. The molecule has 4 nitrogen and oxygen atoms in total. The van der Waals surface area contributed by atoms with Crippen LogP contribution in [0.15, 0.2) is 12.2 Å². The third-order valence-electron chi connectivity index (χ3n) is 3.15. The largest absolute Gasteiger partial charge is 0.481 e. The second-order valence-electron chi connectivity index (χ2n) is 4.09. The van der Waals surface area contributed by atoms with E-state index in [1.54, 1.807) is 0 Å². The van der Waals surface area contributed by atoms with E-state index in [9.17, 15) is 9.90 Å². The lowest BCUT2D eigenvalue weighted by atomic mass is 9.92. The van der Waals surface area contributed by atoms with Gasteiger partial charge in [0.05, 0.1) is 5.35 Å². The fourth-order valence-corrected chi connectivity index (χ4v) is 2.41. The van der Waals surface area contributed by atoms with Crippen LogP contribution in [0.2, 0.25) is 0 Å². The number of hydrogen-bond donors (Lipinski definition) is 3. The monoisotopic (exact) mass is 216 g/mol. The minimum Gasteiger partial charge on any atom is -0.481 e. The zero-order valence-electron chi connectivity index (χ0n) is 8.66. The standard InChI is InChI=1S/C12H12N2O2/c15-12(16)8-5-13-6-10-11(8)7-3-1-2-4-9(7)14-10/h1-2,4,6,8,13-14H,3,5H2,(H,15,16). The Balaban J connectivity index is 2.28. The van der Waals surface area contributed by atoms with E-state index >= 15 is 0 Å². The van der Waals surface area contributed by atoms with E-state index in [1.165, 1.54) is 0 Å². The maximum absolute atomic E-state index is 11.2. The fourth-order valence-electron chi connectivity index (χ4n) is 2.41. The minimum absolute atomic E-state index is 0.445. The first kappa shape index (κ1) is 9.27. The maximum Gasteiger partial charge on any atom is 0.312 e. The van der Waals surface area contributed by atoms with Crippen molar-refractivity contribution in [3.05, 3.63) is 34.0 Å². The number of carboxylic acid groups (broad SMARTS) is 1. The van der Waals surface area contributed by atoms with Gasteiger partial charge in [0.1, 0.15) is 5.92 Å². The van der Waals surface area contributed by atoms with Gasteiger partial charge in [0.15, 0.2) is 0 Å². The van der Waals surface area contributed by atoms with Crippen molar-refractivity contribution in [2.24, 2.45) is 0 Å². The van der Waals surface area contributed by atoms with E-state index in [0.29, 0.717) is 6.54 Å². The molecule has 82 valence electrons. The number of aliphatic carboxylic acids is 1. The Bertz CT molecular complexity index is 595. The van der Waals surface area contributed by atoms with E-state index in [0.717, 1.165) is 28.2 Å². The van der Waals surface area contributed by atoms with Crippen molar-refractivity contribution in [3.8, 4) is 0 Å². The number of nitrogens with one attached hydrogen (secondary N) is 2. The number of H-pyrrole nitrogens is 1. The van der Waals surface area contributed by atoms with E-state index < -0.39 is 11.9 Å². The van der Waals surface area contributed by atoms with Crippen LogP contribution in [0.25, 0.3) is 12.3 Å². The molecule has 1 aromatic rings. The lowest BCUT2D eigenvalue weighted by molar-refractivity contribution is -0.138. The number of carboxylic acids is 1. The van der Waals surface area contributed by atoms with E-state index in [2.05, 4.69) is 16.4 Å². The van der Waals surface area contributed by atoms with E-state index in [-0.39, 0.29) is 0 Å². The molecular formula is C12H12N2O2. The van der Waals surface area contributed by atoms with Crippen LogP contribution >= 0.6 is 0 Å². The highest BCUT2D eigenvalue weighted by molar-refractivity contribution is 5.78. The van der Waals surface area contributed by atoms with Crippen LogP contribution in [0, 0.1) is 0 Å². The number of fused-ring (bicyclic) bond motifs is 3. The molecule has 2 aliphatic rings. The molecule has 0 radical (unpaired) electrons. The van der Waals surface area contributed by atoms with Crippen LogP contribution < -0.4 is 16.0 Å². The molecule has 3 N–H and O–H groups in total. The normalized spacial score (nSPS) is 21.1. The molecule has 1 aliphatic heterocycles. The summed E-state index contributed by atoms with van der Waals surface area (Å²) in [5, 5.41) is 14.2. The third-order valence-corrected chi connectivity index (χ3v) is 3.15. The van der Waals surface area contributed by atoms with Crippen LogP contribution in [-0.4, -0.2) is 22.6 Å². The van der Waals surface area contributed by atoms with Crippen molar-refractivity contribution in [1.29, 1.82) is 0 Å². The molecule has 1 unspecified atom stereocenters. The highest BCUT2D eigenvalue weighted by atomic mass is 16.4. The number of aromatic amines is 1. The van der Waals surface area contributed by atoms with Gasteiger partial charge < -0.3 is 15.4 Å². The van der Waals surface area contributed by atoms with Crippen LogP contribution in [0.3, 0.4) is 0 Å². The molecule has 0 spiro atoms. The summed E-state index contributed by atoms with van der Waals surface area (Å²) in [6.45, 7) is 0.469. The van der Waals surface area contributed by atoms with Crippen molar-refractivity contribution in [3.63, 3.8) is 0 Å². The Morgan fingerprint density at radius 2 is 2.31 bits per heavy atom. The first-order valence-corrected chi connectivity index (χ1v) is 5.31. The molecule has 1 aliphatic carbocycles. The Kier molecular flexibility index (Phi) is 1.89. The van der Waals surface area contributed by atoms with Crippen LogP contribution in [0.1, 0.15) is 17.0 Å². The smallest absolute Gasteiger partial charge is 0.312 e. The number of allylic oxidation sites excluding steroid dienone is 2. The van der Waals surface area contributed by atoms with Gasteiger partial charge in [-0.3, -0.25) is 4.79 Å². The van der Waals surface area contributed by atoms with Crippen LogP contribution in [0.4, 0.5) is 0 Å². The number of carbonyl (C=O) groups is 1. The Labute approximate surface area is 92.0 Å². The molecule has 3 rings (SSSR count). The molecule has 0 amide bonds. The van der Waals surface area contributed by atoms with Crippen molar-refractivity contribution in [2.45, 2.75) is 12.3 Å². The van der Waals surface area contributed by atoms with E-state index in [1.807, 2.05) is 18.4 Å². The van der Waals surface area contributed by atoms with Gasteiger partial charge in [0, 0.05) is 18.1 Å². The lowest BCUT2D eigenvalue weighted by Crippen LogP contribution is -2.34. The molecule has 16 heavy (non-hydrogen) atoms. The predicted molar refractivity (Wildman–Crippen MR) is 60.2 cm³/mol. The Hall–Kier alpha value is -1.97. The van der Waals surface area contributed by atoms with Gasteiger partial charge in [-0.25, -0.2) is 0 Å². The Morgan fingerprint density at radius 3 is 3.12 bits per heavy atom. The highest BCUT2D eigenvalue weighted by Crippen LogP contribution is 2.18. The maximum atomic E-state index is 11.2. The molecule has 0 fully saturated rings.